The number of hydrogen-bond donors (Lipinski definition) is 1. The lowest BCUT2D eigenvalue weighted by molar-refractivity contribution is -0.124. The standard InChI is InChI=1S/C25H24Cl2N4O/c1-2-5-23(25(32)29-16-17-10-12-28-13-11-17)31-22-7-4-3-6-21(22)30-24(31)14-18-8-9-19(26)15-20(18)27/h3-4,6-13,15,23H,2,5,14,16H2,1H3,(H,29,32)/t23-/m1/s1. The first-order valence-corrected chi connectivity index (χ1v) is 11.4. The van der Waals surface area contributed by atoms with Crippen LogP contribution in [0.3, 0.4) is 0 Å². The summed E-state index contributed by atoms with van der Waals surface area (Å²) in [5.41, 5.74) is 3.72. The molecular formula is C25H24Cl2N4O. The fourth-order valence-corrected chi connectivity index (χ4v) is 4.34. The average molecular weight is 467 g/mol. The monoisotopic (exact) mass is 466 g/mol. The van der Waals surface area contributed by atoms with Crippen molar-refractivity contribution < 1.29 is 4.79 Å². The minimum Gasteiger partial charge on any atom is -0.350 e. The number of amides is 1. The number of carbonyl (C=O) groups is 1. The second-order valence-electron chi connectivity index (χ2n) is 7.68. The van der Waals surface area contributed by atoms with E-state index >= 15 is 0 Å². The number of aromatic nitrogens is 3. The highest BCUT2D eigenvalue weighted by molar-refractivity contribution is 6.35. The molecule has 0 aliphatic carbocycles. The van der Waals surface area contributed by atoms with E-state index in [0.717, 1.165) is 34.4 Å². The lowest BCUT2D eigenvalue weighted by Crippen LogP contribution is -2.33. The van der Waals surface area contributed by atoms with Gasteiger partial charge >= 0.3 is 0 Å². The van der Waals surface area contributed by atoms with Gasteiger partial charge < -0.3 is 9.88 Å². The van der Waals surface area contributed by atoms with Crippen molar-refractivity contribution >= 4 is 40.1 Å². The Morgan fingerprint density at radius 2 is 1.88 bits per heavy atom. The summed E-state index contributed by atoms with van der Waals surface area (Å²) in [6.45, 7) is 2.53. The number of fused-ring (bicyclic) bond motifs is 1. The van der Waals surface area contributed by atoms with Crippen LogP contribution in [0.1, 0.15) is 42.8 Å². The number of para-hydroxylation sites is 2. The molecule has 164 valence electrons. The van der Waals surface area contributed by atoms with Crippen LogP contribution in [-0.2, 0) is 17.8 Å². The minimum atomic E-state index is -0.379. The normalized spacial score (nSPS) is 12.1. The van der Waals surface area contributed by atoms with Gasteiger partial charge in [0.15, 0.2) is 0 Å². The Labute approximate surface area is 197 Å². The van der Waals surface area contributed by atoms with Gasteiger partial charge in [0.05, 0.1) is 11.0 Å². The Morgan fingerprint density at radius 3 is 2.62 bits per heavy atom. The van der Waals surface area contributed by atoms with Crippen LogP contribution in [0.25, 0.3) is 11.0 Å². The number of pyridine rings is 1. The van der Waals surface area contributed by atoms with Gasteiger partial charge in [-0.2, -0.15) is 0 Å². The number of rotatable bonds is 8. The highest BCUT2D eigenvalue weighted by Crippen LogP contribution is 2.29. The topological polar surface area (TPSA) is 59.8 Å². The molecule has 0 fully saturated rings. The van der Waals surface area contributed by atoms with Crippen LogP contribution in [-0.4, -0.2) is 20.4 Å². The molecule has 32 heavy (non-hydrogen) atoms. The van der Waals surface area contributed by atoms with Gasteiger partial charge in [0, 0.05) is 35.4 Å². The van der Waals surface area contributed by atoms with Gasteiger partial charge in [-0.1, -0.05) is 54.7 Å². The Morgan fingerprint density at radius 1 is 1.09 bits per heavy atom. The summed E-state index contributed by atoms with van der Waals surface area (Å²) >= 11 is 12.5. The van der Waals surface area contributed by atoms with Gasteiger partial charge in [-0.05, 0) is 53.9 Å². The summed E-state index contributed by atoms with van der Waals surface area (Å²) in [6.07, 6.45) is 5.51. The number of carbonyl (C=O) groups excluding carboxylic acids is 1. The van der Waals surface area contributed by atoms with E-state index in [-0.39, 0.29) is 11.9 Å². The number of halogens is 2. The molecule has 0 bridgehead atoms. The van der Waals surface area contributed by atoms with Crippen molar-refractivity contribution in [2.45, 2.75) is 38.8 Å². The van der Waals surface area contributed by atoms with Gasteiger partial charge in [-0.15, -0.1) is 0 Å². The van der Waals surface area contributed by atoms with Crippen molar-refractivity contribution in [3.8, 4) is 0 Å². The molecule has 0 unspecified atom stereocenters. The van der Waals surface area contributed by atoms with Crippen LogP contribution in [0.2, 0.25) is 10.0 Å². The van der Waals surface area contributed by atoms with Crippen LogP contribution in [0.15, 0.2) is 67.0 Å². The molecule has 2 aromatic heterocycles. The van der Waals surface area contributed by atoms with Crippen LogP contribution in [0, 0.1) is 0 Å². The summed E-state index contributed by atoms with van der Waals surface area (Å²) < 4.78 is 2.06. The highest BCUT2D eigenvalue weighted by atomic mass is 35.5. The fourth-order valence-electron chi connectivity index (χ4n) is 3.86. The third-order valence-electron chi connectivity index (χ3n) is 5.43. The largest absolute Gasteiger partial charge is 0.350 e. The maximum atomic E-state index is 13.3. The Kier molecular flexibility index (Phi) is 7.08. The molecule has 7 heteroatoms. The molecule has 1 N–H and O–H groups in total. The smallest absolute Gasteiger partial charge is 0.243 e. The first-order chi connectivity index (χ1) is 15.6. The third-order valence-corrected chi connectivity index (χ3v) is 6.01. The van der Waals surface area contributed by atoms with Crippen molar-refractivity contribution in [2.75, 3.05) is 0 Å². The van der Waals surface area contributed by atoms with E-state index in [2.05, 4.69) is 21.8 Å². The number of imidazole rings is 1. The van der Waals surface area contributed by atoms with E-state index in [1.165, 1.54) is 0 Å². The van der Waals surface area contributed by atoms with Gasteiger partial charge in [0.25, 0.3) is 0 Å². The molecular weight excluding hydrogens is 443 g/mol. The highest BCUT2D eigenvalue weighted by Gasteiger charge is 2.25. The molecule has 1 amide bonds. The number of nitrogens with zero attached hydrogens (tertiary/aromatic N) is 3. The molecule has 4 rings (SSSR count). The maximum Gasteiger partial charge on any atom is 0.243 e. The number of hydrogen-bond acceptors (Lipinski definition) is 3. The Bertz CT molecular complexity index is 1220. The summed E-state index contributed by atoms with van der Waals surface area (Å²) in [5.74, 6) is 0.767. The predicted octanol–water partition coefficient (Wildman–Crippen LogP) is 5.99. The Balaban J connectivity index is 1.70. The lowest BCUT2D eigenvalue weighted by atomic mass is 10.1. The van der Waals surface area contributed by atoms with Crippen LogP contribution in [0.4, 0.5) is 0 Å². The summed E-state index contributed by atoms with van der Waals surface area (Å²) in [5, 5.41) is 4.27. The number of nitrogens with one attached hydrogen (secondary N) is 1. The minimum absolute atomic E-state index is 0.0322. The second-order valence-corrected chi connectivity index (χ2v) is 8.52. The van der Waals surface area contributed by atoms with Gasteiger partial charge in [-0.3, -0.25) is 9.78 Å². The summed E-state index contributed by atoms with van der Waals surface area (Å²) in [7, 11) is 0. The second kappa shape index (κ2) is 10.2. The van der Waals surface area contributed by atoms with Crippen molar-refractivity contribution in [3.05, 3.63) is 94.0 Å². The molecule has 0 aliphatic heterocycles. The molecule has 0 saturated heterocycles. The molecule has 2 heterocycles. The van der Waals surface area contributed by atoms with Crippen molar-refractivity contribution in [1.82, 2.24) is 19.9 Å². The first kappa shape index (κ1) is 22.3. The van der Waals surface area contributed by atoms with E-state index in [0.29, 0.717) is 29.4 Å². The SMILES string of the molecule is CCC[C@H](C(=O)NCc1ccncc1)n1c(Cc2ccc(Cl)cc2Cl)nc2ccccc21. The molecule has 0 saturated carbocycles. The molecule has 0 aliphatic rings. The van der Waals surface area contributed by atoms with Crippen LogP contribution >= 0.6 is 23.2 Å². The van der Waals surface area contributed by atoms with E-state index < -0.39 is 0 Å². The van der Waals surface area contributed by atoms with Crippen molar-refractivity contribution in [1.29, 1.82) is 0 Å². The predicted molar refractivity (Wildman–Crippen MR) is 129 cm³/mol. The molecule has 5 nitrogen and oxygen atoms in total. The van der Waals surface area contributed by atoms with Gasteiger partial charge in [0.2, 0.25) is 5.91 Å². The lowest BCUT2D eigenvalue weighted by Gasteiger charge is -2.21. The van der Waals surface area contributed by atoms with E-state index in [4.69, 9.17) is 28.2 Å². The summed E-state index contributed by atoms with van der Waals surface area (Å²) in [6, 6.07) is 16.8. The van der Waals surface area contributed by atoms with Crippen molar-refractivity contribution in [3.63, 3.8) is 0 Å². The van der Waals surface area contributed by atoms with E-state index in [1.807, 2.05) is 48.5 Å². The molecule has 1 atom stereocenters. The quantitative estimate of drug-likeness (QED) is 0.347. The maximum absolute atomic E-state index is 13.3. The average Bonchev–Trinajstić information content (AvgIpc) is 3.16. The fraction of sp³-hybridized carbons (Fsp3) is 0.240. The van der Waals surface area contributed by atoms with E-state index in [1.54, 1.807) is 18.5 Å². The molecule has 0 radical (unpaired) electrons. The van der Waals surface area contributed by atoms with Crippen LogP contribution < -0.4 is 5.32 Å². The number of benzene rings is 2. The van der Waals surface area contributed by atoms with Gasteiger partial charge in [0.1, 0.15) is 11.9 Å². The first-order valence-electron chi connectivity index (χ1n) is 10.6. The van der Waals surface area contributed by atoms with E-state index in [9.17, 15) is 4.79 Å². The summed E-state index contributed by atoms with van der Waals surface area (Å²) in [4.78, 5) is 22.2. The van der Waals surface area contributed by atoms with Crippen LogP contribution in [0.5, 0.6) is 0 Å². The zero-order valence-corrected chi connectivity index (χ0v) is 19.3. The van der Waals surface area contributed by atoms with Crippen molar-refractivity contribution in [2.24, 2.45) is 0 Å². The molecule has 0 spiro atoms. The molecule has 2 aromatic carbocycles. The zero-order chi connectivity index (χ0) is 22.5. The van der Waals surface area contributed by atoms with Gasteiger partial charge in [-0.25, -0.2) is 4.98 Å². The molecule has 4 aromatic rings. The Hall–Kier alpha value is -2.89. The third kappa shape index (κ3) is 4.95. The zero-order valence-electron chi connectivity index (χ0n) is 17.8.